The van der Waals surface area contributed by atoms with E-state index >= 15 is 0 Å². The van der Waals surface area contributed by atoms with Gasteiger partial charge < -0.3 is 19.3 Å². The molecule has 0 aromatic carbocycles. The predicted octanol–water partition coefficient (Wildman–Crippen LogP) is 14.5. The number of alkyl halides is 1. The van der Waals surface area contributed by atoms with E-state index in [9.17, 15) is 34.8 Å². The normalized spacial score (nSPS) is 42.0. The zero-order chi connectivity index (χ0) is 55.3. The molecular formula is C64H83BrN2O8. The Morgan fingerprint density at radius 1 is 0.600 bits per heavy atom. The Labute approximate surface area is 456 Å². The minimum absolute atomic E-state index is 0.0108. The summed E-state index contributed by atoms with van der Waals surface area (Å²) in [6, 6.07) is 5.35. The lowest BCUT2D eigenvalue weighted by molar-refractivity contribution is -0.155. The first-order valence-corrected chi connectivity index (χ1v) is 28.7. The molecule has 0 saturated heterocycles. The number of ether oxygens (including phenoxy) is 3. The number of rotatable bonds is 4. The van der Waals surface area contributed by atoms with Gasteiger partial charge in [0.05, 0.1) is 37.2 Å². The number of methoxy groups -OCH3 is 2. The van der Waals surface area contributed by atoms with Crippen LogP contribution in [0.15, 0.2) is 92.6 Å². The lowest BCUT2D eigenvalue weighted by Crippen LogP contribution is -2.61. The average molecular weight is 1090 g/mol. The Kier molecular flexibility index (Phi) is 14.3. The second-order valence-corrected chi connectivity index (χ2v) is 27.6. The van der Waals surface area contributed by atoms with Gasteiger partial charge in [-0.2, -0.15) is 10.5 Å². The van der Waals surface area contributed by atoms with E-state index in [2.05, 4.69) is 131 Å². The molecule has 6 fully saturated rings. The molecule has 0 amide bonds. The molecular weight excluding hydrogens is 1000 g/mol. The average Bonchev–Trinajstić information content (AvgIpc) is 3.38. The molecule has 0 spiro atoms. The first kappa shape index (κ1) is 56.5. The first-order valence-electron chi connectivity index (χ1n) is 27.6. The number of hydrogen-bond donors (Lipinski definition) is 1. The Hall–Kier alpha value is -4.74. The molecule has 1 N–H and O–H groups in total. The summed E-state index contributed by atoms with van der Waals surface area (Å²) in [4.78, 5) is 47.4. The molecule has 0 bridgehead atoms. The van der Waals surface area contributed by atoms with Crippen LogP contribution in [0.4, 0.5) is 0 Å². The van der Waals surface area contributed by atoms with Crippen molar-refractivity contribution in [2.45, 2.75) is 173 Å². The van der Waals surface area contributed by atoms with Crippen LogP contribution in [0, 0.1) is 88.6 Å². The summed E-state index contributed by atoms with van der Waals surface area (Å²) in [7, 11) is 2.66. The monoisotopic (exact) mass is 1090 g/mol. The summed E-state index contributed by atoms with van der Waals surface area (Å²) in [6.07, 6.45) is 27.5. The highest BCUT2D eigenvalue weighted by atomic mass is 79.9. The van der Waals surface area contributed by atoms with Gasteiger partial charge in [-0.05, 0) is 196 Å². The van der Waals surface area contributed by atoms with Gasteiger partial charge in [0.25, 0.3) is 0 Å². The van der Waals surface area contributed by atoms with E-state index in [1.807, 2.05) is 13.8 Å². The summed E-state index contributed by atoms with van der Waals surface area (Å²) in [6.45, 7) is 27.4. The van der Waals surface area contributed by atoms with Crippen molar-refractivity contribution in [2.75, 3.05) is 26.2 Å². The highest BCUT2D eigenvalue weighted by Crippen LogP contribution is 2.77. The number of hydrogen-bond acceptors (Lipinski definition) is 10. The third kappa shape index (κ3) is 8.48. The number of carbonyl (C=O) groups excluding carboxylic acids is 4. The second kappa shape index (κ2) is 19.0. The van der Waals surface area contributed by atoms with Gasteiger partial charge in [-0.3, -0.25) is 14.4 Å². The van der Waals surface area contributed by atoms with Crippen LogP contribution in [0.25, 0.3) is 0 Å². The number of ketones is 2. The Morgan fingerprint density at radius 2 is 1.01 bits per heavy atom. The maximum Gasteiger partial charge on any atom is 0.343 e. The topological polar surface area (TPSA) is 164 Å². The zero-order valence-corrected chi connectivity index (χ0v) is 49.1. The van der Waals surface area contributed by atoms with Crippen molar-refractivity contribution in [3.05, 3.63) is 92.6 Å². The van der Waals surface area contributed by atoms with Crippen LogP contribution in [-0.4, -0.2) is 54.8 Å². The quantitative estimate of drug-likeness (QED) is 0.212. The van der Waals surface area contributed by atoms with E-state index in [0.717, 1.165) is 105 Å². The van der Waals surface area contributed by atoms with Crippen molar-refractivity contribution in [2.24, 2.45) is 66.0 Å². The van der Waals surface area contributed by atoms with Crippen LogP contribution in [0.3, 0.4) is 0 Å². The lowest BCUT2D eigenvalue weighted by Gasteiger charge is -2.69. The van der Waals surface area contributed by atoms with E-state index in [0.29, 0.717) is 22.8 Å². The number of aliphatic hydroxyl groups is 1. The van der Waals surface area contributed by atoms with Gasteiger partial charge >= 0.3 is 11.9 Å². The van der Waals surface area contributed by atoms with E-state index in [-0.39, 0.29) is 89.7 Å². The minimum Gasteiger partial charge on any atom is -0.504 e. The fourth-order valence-electron chi connectivity index (χ4n) is 17.5. The third-order valence-electron chi connectivity index (χ3n) is 23.2. The summed E-state index contributed by atoms with van der Waals surface area (Å²) in [5.74, 6) is -0.0428. The number of allylic oxidation sites excluding steroid dienone is 14. The molecule has 0 radical (unpaired) electrons. The number of nitrogens with zero attached hydrogens (tertiary/aromatic N) is 2. The molecule has 0 aliphatic heterocycles. The zero-order valence-electron chi connectivity index (χ0n) is 47.5. The van der Waals surface area contributed by atoms with E-state index in [1.165, 1.54) is 38.2 Å². The molecule has 10 aliphatic rings. The molecule has 75 heavy (non-hydrogen) atoms. The van der Waals surface area contributed by atoms with Crippen LogP contribution in [0.5, 0.6) is 0 Å². The summed E-state index contributed by atoms with van der Waals surface area (Å²) < 4.78 is 14.5. The lowest BCUT2D eigenvalue weighted by atomic mass is 9.34. The van der Waals surface area contributed by atoms with Crippen molar-refractivity contribution < 1.29 is 38.5 Å². The number of aliphatic hydroxyl groups excluding tert-OH is 1. The third-order valence-corrected chi connectivity index (χ3v) is 23.6. The number of carbonyl (C=O) groups is 4. The fourth-order valence-corrected chi connectivity index (χ4v) is 17.8. The van der Waals surface area contributed by atoms with Gasteiger partial charge in [0, 0.05) is 22.0 Å². The van der Waals surface area contributed by atoms with Crippen molar-refractivity contribution in [3.8, 4) is 12.1 Å². The number of fused-ring (bicyclic) bond motifs is 14. The van der Waals surface area contributed by atoms with E-state index in [1.54, 1.807) is 12.2 Å². The van der Waals surface area contributed by atoms with Gasteiger partial charge in [0.2, 0.25) is 11.6 Å². The van der Waals surface area contributed by atoms with Crippen LogP contribution in [-0.2, 0) is 33.4 Å². The summed E-state index contributed by atoms with van der Waals surface area (Å²) >= 11 is 2.90. The number of esters is 2. The smallest absolute Gasteiger partial charge is 0.343 e. The van der Waals surface area contributed by atoms with Crippen LogP contribution in [0.1, 0.15) is 173 Å². The van der Waals surface area contributed by atoms with Crippen molar-refractivity contribution >= 4 is 39.4 Å². The Morgan fingerprint density at radius 3 is 1.41 bits per heavy atom. The van der Waals surface area contributed by atoms with Gasteiger partial charge in [0.1, 0.15) is 5.33 Å². The van der Waals surface area contributed by atoms with Gasteiger partial charge in [-0.15, -0.1) is 0 Å². The summed E-state index contributed by atoms with van der Waals surface area (Å²) in [5, 5.41) is 30.5. The maximum atomic E-state index is 13.2. The van der Waals surface area contributed by atoms with Crippen molar-refractivity contribution in [3.63, 3.8) is 0 Å². The molecule has 0 aromatic rings. The summed E-state index contributed by atoms with van der Waals surface area (Å²) in [5.41, 5.74) is 8.56. The molecule has 404 valence electrons. The molecule has 10 nitrogen and oxygen atoms in total. The molecule has 12 atom stereocenters. The second-order valence-electron chi connectivity index (χ2n) is 27.0. The van der Waals surface area contributed by atoms with Gasteiger partial charge in [0.15, 0.2) is 18.1 Å². The molecule has 10 rings (SSSR count). The van der Waals surface area contributed by atoms with Crippen LogP contribution in [0.2, 0.25) is 0 Å². The van der Waals surface area contributed by atoms with Crippen LogP contribution >= 0.6 is 15.9 Å². The SMILES string of the molecule is CC1=C(O)C(=O)C=C2C1=CC=C1[C@@]2(C)CC[C@@]2(C)[C@@H]3C[C@](C)(C#N)CC[C@]3(C)CC[C@]12C.COC(=O)CBr.COC(=O)COC1=C(C)C2=CC=C3[C@@](C)(CC[C@@]4(C)[C@@H]5C[C@](C)(C#N)CC[C@]5(C)CC[C@]34C)C2=CC1=O. The van der Waals surface area contributed by atoms with Gasteiger partial charge in [-0.25, -0.2) is 4.79 Å². The Bertz CT molecular complexity index is 2860. The Balaban J connectivity index is 0.000000181. The maximum absolute atomic E-state index is 13.2. The number of nitriles is 2. The first-order chi connectivity index (χ1) is 34.9. The number of halogens is 1. The van der Waals surface area contributed by atoms with E-state index in [4.69, 9.17) is 4.74 Å². The fraction of sp³-hybridized carbons (Fsp3) is 0.656. The largest absolute Gasteiger partial charge is 0.504 e. The molecule has 10 aliphatic carbocycles. The molecule has 0 heterocycles. The molecule has 11 heteroatoms. The van der Waals surface area contributed by atoms with Crippen molar-refractivity contribution in [1.29, 1.82) is 10.5 Å². The van der Waals surface area contributed by atoms with E-state index < -0.39 is 5.97 Å². The minimum atomic E-state index is -0.506. The highest BCUT2D eigenvalue weighted by molar-refractivity contribution is 9.09. The standard InChI is InChI=1S/C32H41NO4.C29H37NO2.C3H5BrO2/c1-20-21-8-9-24-30(4,22(21)16-23(34)27(20)37-18-26(35)36-7)13-15-32(6)25-17-28(2,19-33)10-11-29(25,3)12-14-31(24,32)5;1-18-19-7-8-22-27(4,20(19)15-21(31)24(18)32)12-14-29(6)23-16-25(2,17-30)9-10-26(23,3)11-13-28(22,29)5;1-6-3(5)2-4/h8-9,16,25H,10-15,17-18H2,1-7H3;7-8,15,23,32H,9-14,16H2,1-6H3;2H2,1H3/t25-,28-,29-,30+,31-,32+;23-,25-,26-,27+,28-,29+;/m11./s1. The molecule has 0 aromatic heterocycles. The van der Waals surface area contributed by atoms with Crippen LogP contribution < -0.4 is 0 Å². The van der Waals surface area contributed by atoms with Crippen molar-refractivity contribution in [1.82, 2.24) is 0 Å². The molecule has 0 unspecified atom stereocenters. The molecule has 6 saturated carbocycles. The predicted molar refractivity (Wildman–Crippen MR) is 294 cm³/mol. The van der Waals surface area contributed by atoms with Gasteiger partial charge in [-0.1, -0.05) is 107 Å². The highest BCUT2D eigenvalue weighted by Gasteiger charge is 2.69.